The van der Waals surface area contributed by atoms with Crippen LogP contribution in [-0.4, -0.2) is 32.1 Å². The molecule has 1 saturated heterocycles. The number of carboxylic acid groups (broad SMARTS) is 1. The van der Waals surface area contributed by atoms with Crippen molar-refractivity contribution >= 4 is 5.97 Å². The maximum absolute atomic E-state index is 11.0. The summed E-state index contributed by atoms with van der Waals surface area (Å²) in [6.45, 7) is 0. The Kier molecular flexibility index (Phi) is 3.00. The van der Waals surface area contributed by atoms with Crippen molar-refractivity contribution in [1.82, 2.24) is 20.3 Å². The van der Waals surface area contributed by atoms with Crippen LogP contribution in [0.4, 0.5) is 0 Å². The summed E-state index contributed by atoms with van der Waals surface area (Å²) in [4.78, 5) is 11.0. The van der Waals surface area contributed by atoms with E-state index >= 15 is 0 Å². The molecule has 2 N–H and O–H groups in total. The van der Waals surface area contributed by atoms with Gasteiger partial charge in [0.05, 0.1) is 23.6 Å². The smallest absolute Gasteiger partial charge is 0.320 e. The number of para-hydroxylation sites is 1. The van der Waals surface area contributed by atoms with Crippen LogP contribution in [0.1, 0.15) is 24.6 Å². The second kappa shape index (κ2) is 4.81. The van der Waals surface area contributed by atoms with Crippen molar-refractivity contribution in [2.24, 2.45) is 0 Å². The summed E-state index contributed by atoms with van der Waals surface area (Å²) >= 11 is 0. The topological polar surface area (TPSA) is 80.0 Å². The Morgan fingerprint density at radius 3 is 2.79 bits per heavy atom. The van der Waals surface area contributed by atoms with Crippen molar-refractivity contribution in [3.05, 3.63) is 42.2 Å². The lowest BCUT2D eigenvalue weighted by Gasteiger charge is -2.13. The Hall–Kier alpha value is -2.21. The van der Waals surface area contributed by atoms with Crippen molar-refractivity contribution in [3.8, 4) is 5.69 Å². The average Bonchev–Trinajstić information content (AvgIpc) is 3.08. The zero-order valence-corrected chi connectivity index (χ0v) is 10.2. The molecule has 1 aliphatic rings. The fraction of sp³-hybridized carbons (Fsp3) is 0.308. The van der Waals surface area contributed by atoms with E-state index in [0.717, 1.165) is 17.8 Å². The zero-order chi connectivity index (χ0) is 13.2. The Labute approximate surface area is 110 Å². The van der Waals surface area contributed by atoms with Crippen LogP contribution in [0.3, 0.4) is 0 Å². The van der Waals surface area contributed by atoms with Crippen LogP contribution in [0, 0.1) is 0 Å². The third-order valence-electron chi connectivity index (χ3n) is 3.38. The number of nitrogens with one attached hydrogen (secondary N) is 1. The minimum atomic E-state index is -0.804. The fourth-order valence-electron chi connectivity index (χ4n) is 2.42. The predicted octanol–water partition coefficient (Wildman–Crippen LogP) is 1.14. The molecule has 0 amide bonds. The second-order valence-electron chi connectivity index (χ2n) is 4.59. The number of rotatable bonds is 3. The molecule has 3 rings (SSSR count). The van der Waals surface area contributed by atoms with Crippen LogP contribution >= 0.6 is 0 Å². The highest BCUT2D eigenvalue weighted by atomic mass is 16.4. The number of hydrogen-bond acceptors (Lipinski definition) is 4. The minimum absolute atomic E-state index is 0.0173. The van der Waals surface area contributed by atoms with Gasteiger partial charge in [-0.1, -0.05) is 23.4 Å². The van der Waals surface area contributed by atoms with Gasteiger partial charge < -0.3 is 5.11 Å². The summed E-state index contributed by atoms with van der Waals surface area (Å²) in [6, 6.07) is 9.20. The van der Waals surface area contributed by atoms with E-state index in [1.54, 1.807) is 10.9 Å². The molecule has 2 aromatic rings. The van der Waals surface area contributed by atoms with Crippen LogP contribution in [-0.2, 0) is 4.79 Å². The summed E-state index contributed by atoms with van der Waals surface area (Å²) < 4.78 is 1.75. The monoisotopic (exact) mass is 258 g/mol. The Morgan fingerprint density at radius 2 is 2.11 bits per heavy atom. The molecule has 1 aromatic heterocycles. The molecule has 1 fully saturated rings. The van der Waals surface area contributed by atoms with Crippen LogP contribution < -0.4 is 5.32 Å². The highest BCUT2D eigenvalue weighted by Crippen LogP contribution is 2.27. The van der Waals surface area contributed by atoms with Crippen LogP contribution in [0.15, 0.2) is 36.5 Å². The van der Waals surface area contributed by atoms with Crippen molar-refractivity contribution in [1.29, 1.82) is 0 Å². The van der Waals surface area contributed by atoms with Crippen molar-refractivity contribution in [2.75, 3.05) is 0 Å². The van der Waals surface area contributed by atoms with Gasteiger partial charge in [0, 0.05) is 0 Å². The van der Waals surface area contributed by atoms with E-state index in [1.165, 1.54) is 0 Å². The summed E-state index contributed by atoms with van der Waals surface area (Å²) in [5.74, 6) is -0.804. The van der Waals surface area contributed by atoms with E-state index in [-0.39, 0.29) is 6.04 Å². The number of carbonyl (C=O) groups is 1. The molecular weight excluding hydrogens is 244 g/mol. The van der Waals surface area contributed by atoms with E-state index in [0.29, 0.717) is 6.42 Å². The first kappa shape index (κ1) is 11.9. The molecule has 0 aliphatic carbocycles. The molecule has 98 valence electrons. The summed E-state index contributed by atoms with van der Waals surface area (Å²) in [6.07, 6.45) is 3.09. The first-order chi connectivity index (χ1) is 9.25. The lowest BCUT2D eigenvalue weighted by Crippen LogP contribution is -2.32. The Balaban J connectivity index is 1.88. The van der Waals surface area contributed by atoms with Crippen molar-refractivity contribution in [2.45, 2.75) is 24.9 Å². The first-order valence-electron chi connectivity index (χ1n) is 6.20. The number of aliphatic carboxylic acids is 1. The van der Waals surface area contributed by atoms with Crippen LogP contribution in [0.5, 0.6) is 0 Å². The van der Waals surface area contributed by atoms with Crippen molar-refractivity contribution in [3.63, 3.8) is 0 Å². The van der Waals surface area contributed by atoms with Gasteiger partial charge in [-0.15, -0.1) is 5.10 Å². The first-order valence-corrected chi connectivity index (χ1v) is 6.20. The standard InChI is InChI=1S/C13H14N4O2/c18-13(19)11-7-6-10(15-11)12-8-14-16-17(12)9-4-2-1-3-5-9/h1-5,8,10-11,15H,6-7H2,(H,18,19). The van der Waals surface area contributed by atoms with Gasteiger partial charge >= 0.3 is 5.97 Å². The molecule has 1 aromatic carbocycles. The molecule has 6 nitrogen and oxygen atoms in total. The lowest BCUT2D eigenvalue weighted by molar-refractivity contribution is -0.139. The average molecular weight is 258 g/mol. The molecule has 2 atom stereocenters. The molecule has 19 heavy (non-hydrogen) atoms. The van der Waals surface area contributed by atoms with Gasteiger partial charge in [0.1, 0.15) is 6.04 Å². The van der Waals surface area contributed by atoms with Crippen LogP contribution in [0.25, 0.3) is 5.69 Å². The molecular formula is C13H14N4O2. The Morgan fingerprint density at radius 1 is 1.32 bits per heavy atom. The van der Waals surface area contributed by atoms with Gasteiger partial charge in [-0.05, 0) is 25.0 Å². The van der Waals surface area contributed by atoms with Crippen LogP contribution in [0.2, 0.25) is 0 Å². The van der Waals surface area contributed by atoms with Gasteiger partial charge in [0.15, 0.2) is 0 Å². The number of benzene rings is 1. The summed E-state index contributed by atoms with van der Waals surface area (Å²) in [5.41, 5.74) is 1.82. The van der Waals surface area contributed by atoms with E-state index < -0.39 is 12.0 Å². The van der Waals surface area contributed by atoms with Gasteiger partial charge in [-0.25, -0.2) is 4.68 Å². The number of aromatic nitrogens is 3. The highest BCUT2D eigenvalue weighted by molar-refractivity contribution is 5.73. The minimum Gasteiger partial charge on any atom is -0.480 e. The molecule has 0 bridgehead atoms. The Bertz CT molecular complexity index is 581. The van der Waals surface area contributed by atoms with E-state index in [2.05, 4.69) is 15.6 Å². The maximum atomic E-state index is 11.0. The van der Waals surface area contributed by atoms with Gasteiger partial charge in [0.25, 0.3) is 0 Å². The van der Waals surface area contributed by atoms with E-state index in [9.17, 15) is 4.79 Å². The SMILES string of the molecule is O=C(O)C1CCC(c2cnnn2-c2ccccc2)N1. The van der Waals surface area contributed by atoms with Gasteiger partial charge in [-0.3, -0.25) is 10.1 Å². The second-order valence-corrected chi connectivity index (χ2v) is 4.59. The third kappa shape index (κ3) is 2.22. The molecule has 0 saturated carbocycles. The molecule has 2 heterocycles. The quantitative estimate of drug-likeness (QED) is 0.863. The molecule has 2 unspecified atom stereocenters. The van der Waals surface area contributed by atoms with Crippen molar-refractivity contribution < 1.29 is 9.90 Å². The van der Waals surface area contributed by atoms with E-state index in [1.807, 2.05) is 30.3 Å². The van der Waals surface area contributed by atoms with Gasteiger partial charge in [-0.2, -0.15) is 0 Å². The maximum Gasteiger partial charge on any atom is 0.320 e. The molecule has 0 spiro atoms. The number of nitrogens with zero attached hydrogens (tertiary/aromatic N) is 3. The lowest BCUT2D eigenvalue weighted by atomic mass is 10.1. The normalized spacial score (nSPS) is 22.5. The molecule has 1 aliphatic heterocycles. The predicted molar refractivity (Wildman–Crippen MR) is 67.9 cm³/mol. The molecule has 0 radical (unpaired) electrons. The number of carboxylic acids is 1. The van der Waals surface area contributed by atoms with E-state index in [4.69, 9.17) is 5.11 Å². The largest absolute Gasteiger partial charge is 0.480 e. The molecule has 6 heteroatoms. The fourth-order valence-corrected chi connectivity index (χ4v) is 2.42. The zero-order valence-electron chi connectivity index (χ0n) is 10.2. The highest BCUT2D eigenvalue weighted by Gasteiger charge is 2.31. The third-order valence-corrected chi connectivity index (χ3v) is 3.38. The summed E-state index contributed by atoms with van der Waals surface area (Å²) in [5, 5.41) is 20.1. The summed E-state index contributed by atoms with van der Waals surface area (Å²) in [7, 11) is 0. The number of hydrogen-bond donors (Lipinski definition) is 2. The van der Waals surface area contributed by atoms with Gasteiger partial charge in [0.2, 0.25) is 0 Å².